The fraction of sp³-hybridized carbons (Fsp3) is 0.562. The number of hydrogen-bond donors (Lipinski definition) is 2. The van der Waals surface area contributed by atoms with Crippen LogP contribution in [0, 0.1) is 11.7 Å². The van der Waals surface area contributed by atoms with Crippen LogP contribution in [0.4, 0.5) is 4.39 Å². The molecule has 1 aromatic carbocycles. The predicted octanol–water partition coefficient (Wildman–Crippen LogP) is 2.77. The monoisotopic (exact) mass is 314 g/mol. The maximum atomic E-state index is 12.9. The maximum Gasteiger partial charge on any atom is 0.223 e. The summed E-state index contributed by atoms with van der Waals surface area (Å²) in [5.74, 6) is -0.101. The minimum atomic E-state index is -0.242. The maximum absolute atomic E-state index is 12.9. The van der Waals surface area contributed by atoms with E-state index in [1.807, 2.05) is 13.8 Å². The van der Waals surface area contributed by atoms with Crippen LogP contribution in [-0.2, 0) is 10.2 Å². The number of amides is 1. The van der Waals surface area contributed by atoms with Crippen molar-refractivity contribution in [3.63, 3.8) is 0 Å². The van der Waals surface area contributed by atoms with Crippen molar-refractivity contribution in [2.75, 3.05) is 6.54 Å². The van der Waals surface area contributed by atoms with Crippen LogP contribution < -0.4 is 11.1 Å². The van der Waals surface area contributed by atoms with Gasteiger partial charge in [-0.25, -0.2) is 4.39 Å². The lowest BCUT2D eigenvalue weighted by molar-refractivity contribution is -0.125. The molecule has 0 bridgehead atoms. The van der Waals surface area contributed by atoms with Gasteiger partial charge in [0, 0.05) is 23.9 Å². The number of halogens is 2. The molecule has 0 radical (unpaired) electrons. The quantitative estimate of drug-likeness (QED) is 0.898. The fourth-order valence-electron chi connectivity index (χ4n) is 2.71. The van der Waals surface area contributed by atoms with E-state index in [2.05, 4.69) is 5.32 Å². The minimum absolute atomic E-state index is 0. The molecule has 3 nitrogen and oxygen atoms in total. The molecule has 0 heterocycles. The van der Waals surface area contributed by atoms with Gasteiger partial charge in [-0.2, -0.15) is 0 Å². The summed E-state index contributed by atoms with van der Waals surface area (Å²) in [6.45, 7) is 4.63. The second kappa shape index (κ2) is 7.23. The zero-order chi connectivity index (χ0) is 14.8. The second-order valence-corrected chi connectivity index (χ2v) is 6.38. The van der Waals surface area contributed by atoms with Gasteiger partial charge in [0.25, 0.3) is 0 Å². The van der Waals surface area contributed by atoms with Crippen LogP contribution in [0.15, 0.2) is 24.3 Å². The lowest BCUT2D eigenvalue weighted by Gasteiger charge is -2.26. The van der Waals surface area contributed by atoms with E-state index in [0.717, 1.165) is 24.8 Å². The Morgan fingerprint density at radius 2 is 1.95 bits per heavy atom. The molecule has 2 unspecified atom stereocenters. The normalized spacial score (nSPS) is 21.7. The van der Waals surface area contributed by atoms with Gasteiger partial charge in [0.15, 0.2) is 0 Å². The SMILES string of the molecule is CC(C)(CNC(=O)C1CCC(N)C1)c1ccc(F)cc1.Cl. The predicted molar refractivity (Wildman–Crippen MR) is 85.0 cm³/mol. The standard InChI is InChI=1S/C16H23FN2O.ClH/c1-16(2,12-4-6-13(17)7-5-12)10-19-15(20)11-3-8-14(18)9-11;/h4-7,11,14H,3,8-10,18H2,1-2H3,(H,19,20);1H. The Morgan fingerprint density at radius 1 is 1.33 bits per heavy atom. The number of nitrogens with two attached hydrogens (primary N) is 1. The summed E-state index contributed by atoms with van der Waals surface area (Å²) in [4.78, 5) is 12.1. The van der Waals surface area contributed by atoms with Crippen molar-refractivity contribution in [3.8, 4) is 0 Å². The van der Waals surface area contributed by atoms with Crippen LogP contribution in [0.5, 0.6) is 0 Å². The van der Waals surface area contributed by atoms with Gasteiger partial charge in [0.05, 0.1) is 0 Å². The summed E-state index contributed by atoms with van der Waals surface area (Å²) in [7, 11) is 0. The molecule has 21 heavy (non-hydrogen) atoms. The molecule has 1 amide bonds. The van der Waals surface area contributed by atoms with Crippen LogP contribution in [0.2, 0.25) is 0 Å². The molecule has 1 aromatic rings. The van der Waals surface area contributed by atoms with Crippen molar-refractivity contribution in [2.24, 2.45) is 11.7 Å². The highest BCUT2D eigenvalue weighted by molar-refractivity contribution is 5.85. The molecule has 0 aromatic heterocycles. The van der Waals surface area contributed by atoms with E-state index < -0.39 is 0 Å². The molecule has 2 atom stereocenters. The molecule has 1 aliphatic carbocycles. The molecule has 1 fully saturated rings. The molecule has 5 heteroatoms. The molecule has 2 rings (SSSR count). The highest BCUT2D eigenvalue weighted by Gasteiger charge is 2.29. The van der Waals surface area contributed by atoms with Crippen LogP contribution in [0.25, 0.3) is 0 Å². The third-order valence-corrected chi connectivity index (χ3v) is 4.17. The van der Waals surface area contributed by atoms with Crippen molar-refractivity contribution in [1.29, 1.82) is 0 Å². The third kappa shape index (κ3) is 4.68. The van der Waals surface area contributed by atoms with E-state index in [4.69, 9.17) is 5.73 Å². The Balaban J connectivity index is 0.00000220. The molecule has 0 spiro atoms. The Bertz CT molecular complexity index is 476. The lowest BCUT2D eigenvalue weighted by Crippen LogP contribution is -2.39. The van der Waals surface area contributed by atoms with E-state index in [1.54, 1.807) is 12.1 Å². The van der Waals surface area contributed by atoms with Crippen molar-refractivity contribution in [1.82, 2.24) is 5.32 Å². The molecule has 0 aliphatic heterocycles. The first-order valence-electron chi connectivity index (χ1n) is 7.18. The average Bonchev–Trinajstić information content (AvgIpc) is 2.83. The summed E-state index contributed by atoms with van der Waals surface area (Å²) >= 11 is 0. The number of benzene rings is 1. The van der Waals surface area contributed by atoms with Crippen molar-refractivity contribution in [3.05, 3.63) is 35.6 Å². The van der Waals surface area contributed by atoms with Gasteiger partial charge >= 0.3 is 0 Å². The number of nitrogens with one attached hydrogen (secondary N) is 1. The van der Waals surface area contributed by atoms with Gasteiger partial charge in [-0.05, 0) is 37.0 Å². The highest BCUT2D eigenvalue weighted by atomic mass is 35.5. The first-order chi connectivity index (χ1) is 9.38. The summed E-state index contributed by atoms with van der Waals surface area (Å²) < 4.78 is 12.9. The van der Waals surface area contributed by atoms with Crippen LogP contribution >= 0.6 is 12.4 Å². The second-order valence-electron chi connectivity index (χ2n) is 6.38. The van der Waals surface area contributed by atoms with Gasteiger partial charge in [-0.15, -0.1) is 12.4 Å². The fourth-order valence-corrected chi connectivity index (χ4v) is 2.71. The largest absolute Gasteiger partial charge is 0.355 e. The van der Waals surface area contributed by atoms with Crippen molar-refractivity contribution >= 4 is 18.3 Å². The number of hydrogen-bond acceptors (Lipinski definition) is 2. The molecular formula is C16H24ClFN2O. The summed E-state index contributed by atoms with van der Waals surface area (Å²) in [5.41, 5.74) is 6.63. The van der Waals surface area contributed by atoms with E-state index in [0.29, 0.717) is 6.54 Å². The Hall–Kier alpha value is -1.13. The number of carbonyl (C=O) groups is 1. The molecule has 0 saturated heterocycles. The molecule has 3 N–H and O–H groups in total. The van der Waals surface area contributed by atoms with Gasteiger partial charge in [0.2, 0.25) is 5.91 Å². The summed E-state index contributed by atoms with van der Waals surface area (Å²) in [6, 6.07) is 6.61. The van der Waals surface area contributed by atoms with Crippen LogP contribution in [0.3, 0.4) is 0 Å². The Kier molecular flexibility index (Phi) is 6.17. The molecule has 118 valence electrons. The molecular weight excluding hydrogens is 291 g/mol. The van der Waals surface area contributed by atoms with Crippen LogP contribution in [-0.4, -0.2) is 18.5 Å². The number of carbonyl (C=O) groups excluding carboxylic acids is 1. The zero-order valence-corrected chi connectivity index (χ0v) is 13.4. The van der Waals surface area contributed by atoms with E-state index in [9.17, 15) is 9.18 Å². The lowest BCUT2D eigenvalue weighted by atomic mass is 9.84. The van der Waals surface area contributed by atoms with Gasteiger partial charge < -0.3 is 11.1 Å². The van der Waals surface area contributed by atoms with E-state index in [1.165, 1.54) is 12.1 Å². The van der Waals surface area contributed by atoms with E-state index >= 15 is 0 Å². The molecule has 1 saturated carbocycles. The summed E-state index contributed by atoms with van der Waals surface area (Å²) in [6.07, 6.45) is 2.59. The van der Waals surface area contributed by atoms with Crippen LogP contribution in [0.1, 0.15) is 38.7 Å². The van der Waals surface area contributed by atoms with Gasteiger partial charge in [0.1, 0.15) is 5.82 Å². The first-order valence-corrected chi connectivity index (χ1v) is 7.18. The minimum Gasteiger partial charge on any atom is -0.355 e. The number of rotatable bonds is 4. The smallest absolute Gasteiger partial charge is 0.223 e. The average molecular weight is 315 g/mol. The molecule has 1 aliphatic rings. The van der Waals surface area contributed by atoms with Crippen molar-refractivity contribution < 1.29 is 9.18 Å². The zero-order valence-electron chi connectivity index (χ0n) is 12.6. The summed E-state index contributed by atoms with van der Waals surface area (Å²) in [5, 5.41) is 3.01. The first kappa shape index (κ1) is 17.9. The van der Waals surface area contributed by atoms with E-state index in [-0.39, 0.29) is 41.5 Å². The Labute approximate surface area is 131 Å². The van der Waals surface area contributed by atoms with Gasteiger partial charge in [-0.3, -0.25) is 4.79 Å². The highest BCUT2D eigenvalue weighted by Crippen LogP contribution is 2.26. The third-order valence-electron chi connectivity index (χ3n) is 4.17. The van der Waals surface area contributed by atoms with Crippen molar-refractivity contribution in [2.45, 2.75) is 44.6 Å². The Morgan fingerprint density at radius 3 is 2.48 bits per heavy atom. The topological polar surface area (TPSA) is 55.1 Å². The van der Waals surface area contributed by atoms with Gasteiger partial charge in [-0.1, -0.05) is 26.0 Å².